The second-order valence-electron chi connectivity index (χ2n) is 6.41. The number of alkyl halides is 3. The minimum atomic E-state index is -4.57. The highest BCUT2D eigenvalue weighted by Crippen LogP contribution is 2.31. The molecule has 0 amide bonds. The van der Waals surface area contributed by atoms with E-state index in [9.17, 15) is 22.8 Å². The fraction of sp³-hybridized carbons (Fsp3) is 0.875. The van der Waals surface area contributed by atoms with Crippen LogP contribution < -0.4 is 0 Å². The molecule has 1 aliphatic carbocycles. The Hall–Kier alpha value is -1.27. The Morgan fingerprint density at radius 1 is 1.09 bits per heavy atom. The Morgan fingerprint density at radius 3 is 2.26 bits per heavy atom. The van der Waals surface area contributed by atoms with E-state index in [0.717, 1.165) is 26.2 Å². The minimum Gasteiger partial charge on any atom is -0.462 e. The molecule has 0 bridgehead atoms. The molecule has 1 fully saturated rings. The van der Waals surface area contributed by atoms with Crippen molar-refractivity contribution in [3.8, 4) is 0 Å². The quantitative estimate of drug-likeness (QED) is 0.687. The summed E-state index contributed by atoms with van der Waals surface area (Å²) in [5.41, 5.74) is 0. The van der Waals surface area contributed by atoms with Crippen LogP contribution in [-0.2, 0) is 19.1 Å². The first kappa shape index (κ1) is 19.8. The first-order valence-electron chi connectivity index (χ1n) is 8.05. The van der Waals surface area contributed by atoms with Crippen LogP contribution in [0.2, 0.25) is 0 Å². The van der Waals surface area contributed by atoms with Crippen molar-refractivity contribution in [3.05, 3.63) is 0 Å². The zero-order valence-electron chi connectivity index (χ0n) is 13.8. The van der Waals surface area contributed by atoms with Crippen molar-refractivity contribution in [2.75, 3.05) is 0 Å². The van der Waals surface area contributed by atoms with Crippen molar-refractivity contribution in [3.63, 3.8) is 0 Å². The van der Waals surface area contributed by atoms with Gasteiger partial charge in [-0.1, -0.05) is 13.8 Å². The van der Waals surface area contributed by atoms with Crippen molar-refractivity contribution >= 4 is 11.9 Å². The first-order chi connectivity index (χ1) is 10.6. The maximum absolute atomic E-state index is 12.2. The van der Waals surface area contributed by atoms with Gasteiger partial charge in [0.25, 0.3) is 0 Å². The summed E-state index contributed by atoms with van der Waals surface area (Å²) in [6.07, 6.45) is -4.20. The third-order valence-corrected chi connectivity index (χ3v) is 4.38. The summed E-state index contributed by atoms with van der Waals surface area (Å²) in [7, 11) is 0. The highest BCUT2D eigenvalue weighted by atomic mass is 19.4. The van der Waals surface area contributed by atoms with Gasteiger partial charge in [-0.15, -0.1) is 0 Å². The van der Waals surface area contributed by atoms with E-state index < -0.39 is 24.2 Å². The molecule has 0 heterocycles. The van der Waals surface area contributed by atoms with Crippen LogP contribution in [0.15, 0.2) is 0 Å². The standard InChI is InChI=1S/C16H25F3O4/c1-10-7-8-13(9-11(10)2)23-15(21)6-4-5-14(20)22-12(3)16(17,18)19/h10-13H,4-9H2,1-3H3. The first-order valence-corrected chi connectivity index (χ1v) is 8.05. The topological polar surface area (TPSA) is 52.6 Å². The molecule has 23 heavy (non-hydrogen) atoms. The molecule has 0 aromatic heterocycles. The lowest BCUT2D eigenvalue weighted by molar-refractivity contribution is -0.216. The van der Waals surface area contributed by atoms with Gasteiger partial charge in [0.15, 0.2) is 6.10 Å². The summed E-state index contributed by atoms with van der Waals surface area (Å²) >= 11 is 0. The van der Waals surface area contributed by atoms with Crippen LogP contribution >= 0.6 is 0 Å². The molecule has 0 N–H and O–H groups in total. The van der Waals surface area contributed by atoms with E-state index in [2.05, 4.69) is 18.6 Å². The van der Waals surface area contributed by atoms with Gasteiger partial charge in [0, 0.05) is 12.8 Å². The minimum absolute atomic E-state index is 0.00985. The van der Waals surface area contributed by atoms with Crippen LogP contribution in [0.5, 0.6) is 0 Å². The maximum Gasteiger partial charge on any atom is 0.425 e. The molecule has 1 saturated carbocycles. The Labute approximate surface area is 134 Å². The van der Waals surface area contributed by atoms with Crippen LogP contribution in [0.3, 0.4) is 0 Å². The molecule has 0 radical (unpaired) electrons. The molecule has 1 rings (SSSR count). The summed E-state index contributed by atoms with van der Waals surface area (Å²) < 4.78 is 46.3. The molecule has 0 aromatic rings. The van der Waals surface area contributed by atoms with Gasteiger partial charge in [0.1, 0.15) is 6.10 Å². The van der Waals surface area contributed by atoms with E-state index in [0.29, 0.717) is 11.8 Å². The average Bonchev–Trinajstić information content (AvgIpc) is 2.41. The molecular formula is C16H25F3O4. The van der Waals surface area contributed by atoms with E-state index in [4.69, 9.17) is 4.74 Å². The molecule has 1 aliphatic rings. The molecule has 7 heteroatoms. The summed E-state index contributed by atoms with van der Waals surface area (Å²) in [6.45, 7) is 5.08. The number of rotatable bonds is 6. The van der Waals surface area contributed by atoms with E-state index in [-0.39, 0.29) is 25.4 Å². The van der Waals surface area contributed by atoms with Crippen LogP contribution in [0.25, 0.3) is 0 Å². The zero-order valence-corrected chi connectivity index (χ0v) is 13.8. The molecule has 4 nitrogen and oxygen atoms in total. The van der Waals surface area contributed by atoms with Crippen molar-refractivity contribution in [1.82, 2.24) is 0 Å². The molecule has 0 aromatic carbocycles. The van der Waals surface area contributed by atoms with Crippen molar-refractivity contribution in [2.45, 2.75) is 77.7 Å². The second kappa shape index (κ2) is 8.55. The highest BCUT2D eigenvalue weighted by Gasteiger charge is 2.39. The van der Waals surface area contributed by atoms with Gasteiger partial charge in [0.05, 0.1) is 0 Å². The SMILES string of the molecule is CC1CCC(OC(=O)CCCC(=O)OC(C)C(F)(F)F)CC1C. The lowest BCUT2D eigenvalue weighted by Crippen LogP contribution is -2.31. The number of carbonyl (C=O) groups is 2. The average molecular weight is 338 g/mol. The molecular weight excluding hydrogens is 313 g/mol. The number of hydrogen-bond acceptors (Lipinski definition) is 4. The van der Waals surface area contributed by atoms with Crippen LogP contribution in [0.1, 0.15) is 59.3 Å². The van der Waals surface area contributed by atoms with Gasteiger partial charge in [-0.25, -0.2) is 0 Å². The number of carbonyl (C=O) groups excluding carboxylic acids is 2. The Kier molecular flexibility index (Phi) is 7.35. The number of halogens is 3. The number of esters is 2. The Morgan fingerprint density at radius 2 is 1.70 bits per heavy atom. The summed E-state index contributed by atoms with van der Waals surface area (Å²) in [4.78, 5) is 23.0. The van der Waals surface area contributed by atoms with Crippen molar-refractivity contribution in [2.24, 2.45) is 11.8 Å². The van der Waals surface area contributed by atoms with Gasteiger partial charge in [-0.2, -0.15) is 13.2 Å². The number of ether oxygens (including phenoxy) is 2. The Balaban J connectivity index is 2.20. The molecule has 134 valence electrons. The van der Waals surface area contributed by atoms with Crippen LogP contribution in [0, 0.1) is 11.8 Å². The highest BCUT2D eigenvalue weighted by molar-refractivity contribution is 5.72. The summed E-state index contributed by atoms with van der Waals surface area (Å²) in [5, 5.41) is 0. The third kappa shape index (κ3) is 7.22. The normalized spacial score (nSPS) is 26.4. The summed E-state index contributed by atoms with van der Waals surface area (Å²) in [5.74, 6) is -0.244. The van der Waals surface area contributed by atoms with Gasteiger partial charge in [-0.05, 0) is 44.4 Å². The fourth-order valence-electron chi connectivity index (χ4n) is 2.55. The monoisotopic (exact) mass is 338 g/mol. The lowest BCUT2D eigenvalue weighted by Gasteiger charge is -2.31. The van der Waals surface area contributed by atoms with Gasteiger partial charge < -0.3 is 9.47 Å². The second-order valence-corrected chi connectivity index (χ2v) is 6.41. The molecule has 4 atom stereocenters. The van der Waals surface area contributed by atoms with E-state index in [1.165, 1.54) is 0 Å². The van der Waals surface area contributed by atoms with E-state index in [1.54, 1.807) is 0 Å². The lowest BCUT2D eigenvalue weighted by atomic mass is 9.80. The van der Waals surface area contributed by atoms with Crippen molar-refractivity contribution in [1.29, 1.82) is 0 Å². The fourth-order valence-corrected chi connectivity index (χ4v) is 2.55. The maximum atomic E-state index is 12.2. The van der Waals surface area contributed by atoms with Gasteiger partial charge in [0.2, 0.25) is 0 Å². The van der Waals surface area contributed by atoms with Crippen molar-refractivity contribution < 1.29 is 32.2 Å². The summed E-state index contributed by atoms with van der Waals surface area (Å²) in [6, 6.07) is 0. The Bertz CT molecular complexity index is 409. The smallest absolute Gasteiger partial charge is 0.425 e. The predicted octanol–water partition coefficient (Wildman–Crippen LogP) is 4.02. The predicted molar refractivity (Wildman–Crippen MR) is 77.5 cm³/mol. The largest absolute Gasteiger partial charge is 0.462 e. The molecule has 4 unspecified atom stereocenters. The van der Waals surface area contributed by atoms with E-state index in [1.807, 2.05) is 0 Å². The zero-order chi connectivity index (χ0) is 17.6. The third-order valence-electron chi connectivity index (χ3n) is 4.38. The van der Waals surface area contributed by atoms with Gasteiger partial charge >= 0.3 is 18.1 Å². The molecule has 0 saturated heterocycles. The molecule has 0 spiro atoms. The molecule has 0 aliphatic heterocycles. The van der Waals surface area contributed by atoms with Gasteiger partial charge in [-0.3, -0.25) is 9.59 Å². The number of hydrogen-bond donors (Lipinski definition) is 0. The van der Waals surface area contributed by atoms with Crippen LogP contribution in [0.4, 0.5) is 13.2 Å². The van der Waals surface area contributed by atoms with E-state index >= 15 is 0 Å². The van der Waals surface area contributed by atoms with Crippen LogP contribution in [-0.4, -0.2) is 30.3 Å².